The molecule has 2 heterocycles. The molecule has 0 unspecified atom stereocenters. The maximum Gasteiger partial charge on any atom is 0.417 e. The van der Waals surface area contributed by atoms with Gasteiger partial charge < -0.3 is 5.11 Å². The highest BCUT2D eigenvalue weighted by atomic mass is 32.2. The van der Waals surface area contributed by atoms with Crippen LogP contribution in [0.1, 0.15) is 20.1 Å². The molecule has 0 amide bonds. The van der Waals surface area contributed by atoms with Crippen LogP contribution in [0.4, 0.5) is 13.2 Å². The summed E-state index contributed by atoms with van der Waals surface area (Å²) in [7, 11) is 0. The van der Waals surface area contributed by atoms with Crippen molar-refractivity contribution >= 4 is 29.1 Å². The highest BCUT2D eigenvalue weighted by Crippen LogP contribution is 2.30. The maximum atomic E-state index is 12.3. The number of aromatic carboxylic acids is 1. The predicted molar refractivity (Wildman–Crippen MR) is 70.1 cm³/mol. The van der Waals surface area contributed by atoms with E-state index >= 15 is 0 Å². The van der Waals surface area contributed by atoms with Crippen LogP contribution in [0.25, 0.3) is 0 Å². The number of carboxylic acid groups (broad SMARTS) is 1. The fourth-order valence-corrected chi connectivity index (χ4v) is 3.08. The Morgan fingerprint density at radius 3 is 2.55 bits per heavy atom. The number of thioether (sulfide) groups is 1. The molecule has 0 aliphatic heterocycles. The van der Waals surface area contributed by atoms with Gasteiger partial charge in [-0.3, -0.25) is 0 Å². The zero-order valence-corrected chi connectivity index (χ0v) is 11.5. The Balaban J connectivity index is 1.98. The quantitative estimate of drug-likeness (QED) is 0.860. The van der Waals surface area contributed by atoms with Crippen molar-refractivity contribution in [1.82, 2.24) is 4.98 Å². The molecule has 106 valence electrons. The summed E-state index contributed by atoms with van der Waals surface area (Å²) in [6.45, 7) is 0. The van der Waals surface area contributed by atoms with Crippen molar-refractivity contribution in [1.29, 1.82) is 0 Å². The normalized spacial score (nSPS) is 11.6. The minimum absolute atomic E-state index is 0.237. The van der Waals surface area contributed by atoms with Crippen LogP contribution in [-0.2, 0) is 11.9 Å². The van der Waals surface area contributed by atoms with Gasteiger partial charge in [0.1, 0.15) is 4.88 Å². The molecule has 0 saturated carbocycles. The third-order valence-electron chi connectivity index (χ3n) is 2.30. The van der Waals surface area contributed by atoms with E-state index in [1.165, 1.54) is 23.9 Å². The van der Waals surface area contributed by atoms with Crippen molar-refractivity contribution in [2.75, 3.05) is 0 Å². The minimum Gasteiger partial charge on any atom is -0.477 e. The summed E-state index contributed by atoms with van der Waals surface area (Å²) in [5.41, 5.74) is -0.786. The summed E-state index contributed by atoms with van der Waals surface area (Å²) < 4.78 is 37.0. The van der Waals surface area contributed by atoms with Crippen LogP contribution in [0.15, 0.2) is 35.5 Å². The van der Waals surface area contributed by atoms with Crippen LogP contribution in [-0.4, -0.2) is 16.1 Å². The number of rotatable bonds is 4. The predicted octanol–water partition coefficient (Wildman–Crippen LogP) is 4.15. The van der Waals surface area contributed by atoms with Gasteiger partial charge in [-0.25, -0.2) is 9.78 Å². The molecule has 0 aromatic carbocycles. The van der Waals surface area contributed by atoms with E-state index < -0.39 is 17.7 Å². The van der Waals surface area contributed by atoms with Crippen molar-refractivity contribution < 1.29 is 23.1 Å². The van der Waals surface area contributed by atoms with Gasteiger partial charge in [-0.1, -0.05) is 0 Å². The standard InChI is InChI=1S/C12H8F3NO2S2/c13-12(14,15)7-1-4-10(16-5-7)19-6-8-2-3-9(20-8)11(17)18/h1-5H,6H2,(H,17,18). The zero-order chi connectivity index (χ0) is 14.8. The monoisotopic (exact) mass is 319 g/mol. The maximum absolute atomic E-state index is 12.3. The number of alkyl halides is 3. The van der Waals surface area contributed by atoms with Crippen LogP contribution < -0.4 is 0 Å². The summed E-state index contributed by atoms with van der Waals surface area (Å²) in [6.07, 6.45) is -3.60. The number of halogens is 3. The molecule has 0 aliphatic carbocycles. The summed E-state index contributed by atoms with van der Waals surface area (Å²) in [5.74, 6) is -0.519. The van der Waals surface area contributed by atoms with Gasteiger partial charge in [0.05, 0.1) is 10.6 Å². The van der Waals surface area contributed by atoms with Gasteiger partial charge in [0.25, 0.3) is 0 Å². The molecule has 2 rings (SSSR count). The average molecular weight is 319 g/mol. The summed E-state index contributed by atoms with van der Waals surface area (Å²) >= 11 is 2.40. The van der Waals surface area contributed by atoms with Gasteiger partial charge in [0, 0.05) is 16.8 Å². The molecular formula is C12H8F3NO2S2. The van der Waals surface area contributed by atoms with Crippen LogP contribution >= 0.6 is 23.1 Å². The second-order valence-corrected chi connectivity index (χ2v) is 5.91. The number of carbonyl (C=O) groups is 1. The summed E-state index contributed by atoms with van der Waals surface area (Å²) in [6, 6.07) is 5.47. The smallest absolute Gasteiger partial charge is 0.417 e. The van der Waals surface area contributed by atoms with E-state index in [0.717, 1.165) is 28.5 Å². The van der Waals surface area contributed by atoms with Gasteiger partial charge in [0.2, 0.25) is 0 Å². The molecular weight excluding hydrogens is 311 g/mol. The van der Waals surface area contributed by atoms with Crippen LogP contribution in [0.2, 0.25) is 0 Å². The molecule has 0 spiro atoms. The van der Waals surface area contributed by atoms with Gasteiger partial charge in [-0.05, 0) is 24.3 Å². The fraction of sp³-hybridized carbons (Fsp3) is 0.167. The molecule has 20 heavy (non-hydrogen) atoms. The Labute approximate surface area is 120 Å². The summed E-state index contributed by atoms with van der Waals surface area (Å²) in [4.78, 5) is 15.5. The minimum atomic E-state index is -4.39. The van der Waals surface area contributed by atoms with Crippen molar-refractivity contribution in [3.05, 3.63) is 45.8 Å². The van der Waals surface area contributed by atoms with Crippen LogP contribution in [0, 0.1) is 0 Å². The van der Waals surface area contributed by atoms with Crippen molar-refractivity contribution in [3.63, 3.8) is 0 Å². The molecule has 0 saturated heterocycles. The zero-order valence-electron chi connectivity index (χ0n) is 9.85. The average Bonchev–Trinajstić information content (AvgIpc) is 2.85. The SMILES string of the molecule is O=C(O)c1ccc(CSc2ccc(C(F)(F)F)cn2)s1. The second-order valence-electron chi connectivity index (χ2n) is 3.74. The first kappa shape index (κ1) is 14.9. The van der Waals surface area contributed by atoms with Crippen molar-refractivity contribution in [3.8, 4) is 0 Å². The van der Waals surface area contributed by atoms with E-state index in [1.807, 2.05) is 0 Å². The van der Waals surface area contributed by atoms with E-state index in [4.69, 9.17) is 5.11 Å². The summed E-state index contributed by atoms with van der Waals surface area (Å²) in [5, 5.41) is 9.24. The molecule has 1 N–H and O–H groups in total. The Morgan fingerprint density at radius 1 is 1.30 bits per heavy atom. The molecule has 0 radical (unpaired) electrons. The first-order valence-electron chi connectivity index (χ1n) is 5.34. The van der Waals surface area contributed by atoms with E-state index in [0.29, 0.717) is 10.8 Å². The van der Waals surface area contributed by atoms with Crippen molar-refractivity contribution in [2.24, 2.45) is 0 Å². The Hall–Kier alpha value is -1.54. The Kier molecular flexibility index (Phi) is 4.34. The number of pyridine rings is 1. The number of thiophene rings is 1. The van der Waals surface area contributed by atoms with Crippen LogP contribution in [0.3, 0.4) is 0 Å². The number of hydrogen-bond acceptors (Lipinski definition) is 4. The van der Waals surface area contributed by atoms with E-state index in [-0.39, 0.29) is 4.88 Å². The van der Waals surface area contributed by atoms with Crippen molar-refractivity contribution in [2.45, 2.75) is 17.0 Å². The lowest BCUT2D eigenvalue weighted by Gasteiger charge is -2.06. The van der Waals surface area contributed by atoms with E-state index in [2.05, 4.69) is 4.98 Å². The first-order valence-corrected chi connectivity index (χ1v) is 7.14. The van der Waals surface area contributed by atoms with E-state index in [1.54, 1.807) is 6.07 Å². The number of aromatic nitrogens is 1. The highest BCUT2D eigenvalue weighted by molar-refractivity contribution is 7.98. The molecule has 0 atom stereocenters. The number of carboxylic acids is 1. The molecule has 2 aromatic heterocycles. The van der Waals surface area contributed by atoms with E-state index in [9.17, 15) is 18.0 Å². The topological polar surface area (TPSA) is 50.2 Å². The van der Waals surface area contributed by atoms with Gasteiger partial charge >= 0.3 is 12.1 Å². The lowest BCUT2D eigenvalue weighted by atomic mass is 10.3. The first-order chi connectivity index (χ1) is 9.36. The lowest BCUT2D eigenvalue weighted by molar-refractivity contribution is -0.137. The molecule has 0 fully saturated rings. The molecule has 8 heteroatoms. The molecule has 3 nitrogen and oxygen atoms in total. The molecule has 0 bridgehead atoms. The third kappa shape index (κ3) is 3.73. The highest BCUT2D eigenvalue weighted by Gasteiger charge is 2.30. The number of nitrogens with zero attached hydrogens (tertiary/aromatic N) is 1. The molecule has 0 aliphatic rings. The Bertz CT molecular complexity index is 608. The third-order valence-corrected chi connectivity index (χ3v) is 4.55. The second kappa shape index (κ2) is 5.84. The molecule has 2 aromatic rings. The Morgan fingerprint density at radius 2 is 2.05 bits per heavy atom. The lowest BCUT2D eigenvalue weighted by Crippen LogP contribution is -2.05. The van der Waals surface area contributed by atoms with Gasteiger partial charge in [-0.2, -0.15) is 13.2 Å². The van der Waals surface area contributed by atoms with Gasteiger partial charge in [0.15, 0.2) is 0 Å². The van der Waals surface area contributed by atoms with Gasteiger partial charge in [-0.15, -0.1) is 23.1 Å². The largest absolute Gasteiger partial charge is 0.477 e. The number of hydrogen-bond donors (Lipinski definition) is 1. The fourth-order valence-electron chi connectivity index (χ4n) is 1.35. The van der Waals surface area contributed by atoms with Crippen LogP contribution in [0.5, 0.6) is 0 Å².